The molecule has 0 spiro atoms. The van der Waals surface area contributed by atoms with Crippen molar-refractivity contribution in [2.75, 3.05) is 20.1 Å². The van der Waals surface area contributed by atoms with Gasteiger partial charge in [-0.15, -0.1) is 0 Å². The summed E-state index contributed by atoms with van der Waals surface area (Å²) in [6.45, 7) is 5.00. The number of nitrogens with zero attached hydrogens (tertiary/aromatic N) is 1. The molecular formula is C16H22N2. The first-order chi connectivity index (χ1) is 8.69. The van der Waals surface area contributed by atoms with Gasteiger partial charge in [-0.1, -0.05) is 30.9 Å². The Morgan fingerprint density at radius 1 is 1.33 bits per heavy atom. The third-order valence-electron chi connectivity index (χ3n) is 3.56. The fourth-order valence-corrected chi connectivity index (χ4v) is 2.28. The zero-order chi connectivity index (χ0) is 13.0. The Kier molecular flexibility index (Phi) is 4.41. The summed E-state index contributed by atoms with van der Waals surface area (Å²) in [5.41, 5.74) is 7.75. The maximum absolute atomic E-state index is 5.36. The van der Waals surface area contributed by atoms with E-state index in [2.05, 4.69) is 55.0 Å². The lowest BCUT2D eigenvalue weighted by molar-refractivity contribution is 0.307. The van der Waals surface area contributed by atoms with Gasteiger partial charge in [-0.2, -0.15) is 0 Å². The van der Waals surface area contributed by atoms with Crippen LogP contribution in [0.3, 0.4) is 0 Å². The molecule has 2 heteroatoms. The van der Waals surface area contributed by atoms with Crippen LogP contribution in [-0.2, 0) is 6.54 Å². The van der Waals surface area contributed by atoms with Crippen LogP contribution in [-0.4, -0.2) is 25.0 Å². The van der Waals surface area contributed by atoms with Gasteiger partial charge in [0.2, 0.25) is 0 Å². The standard InChI is InChI=1S/C16H22N2/c1-13-10-16(13)12-18(2)11-15-7-5-14(6-8-15)4-3-9-17/h5-8,13,16H,9-12,17H2,1-2H3. The summed E-state index contributed by atoms with van der Waals surface area (Å²) in [4.78, 5) is 2.41. The van der Waals surface area contributed by atoms with E-state index in [1.165, 1.54) is 18.5 Å². The normalized spacial score (nSPS) is 21.6. The Balaban J connectivity index is 1.85. The second kappa shape index (κ2) is 6.04. The molecule has 0 amide bonds. The van der Waals surface area contributed by atoms with Gasteiger partial charge in [0.25, 0.3) is 0 Å². The van der Waals surface area contributed by atoms with Crippen LogP contribution < -0.4 is 5.73 Å². The summed E-state index contributed by atoms with van der Waals surface area (Å²) >= 11 is 0. The molecule has 1 aromatic rings. The molecule has 18 heavy (non-hydrogen) atoms. The topological polar surface area (TPSA) is 29.3 Å². The highest BCUT2D eigenvalue weighted by Gasteiger charge is 2.32. The van der Waals surface area contributed by atoms with Gasteiger partial charge in [-0.3, -0.25) is 0 Å². The summed E-state index contributed by atoms with van der Waals surface area (Å²) in [6, 6.07) is 8.47. The van der Waals surface area contributed by atoms with Gasteiger partial charge < -0.3 is 10.6 Å². The van der Waals surface area contributed by atoms with Crippen molar-refractivity contribution in [3.05, 3.63) is 35.4 Å². The summed E-state index contributed by atoms with van der Waals surface area (Å²) in [7, 11) is 2.20. The third kappa shape index (κ3) is 3.87. The lowest BCUT2D eigenvalue weighted by Crippen LogP contribution is -2.20. The number of rotatable bonds is 4. The Bertz CT molecular complexity index is 438. The van der Waals surface area contributed by atoms with Crippen LogP contribution in [0.2, 0.25) is 0 Å². The van der Waals surface area contributed by atoms with Crippen molar-refractivity contribution in [2.45, 2.75) is 19.9 Å². The van der Waals surface area contributed by atoms with Crippen LogP contribution in [0.25, 0.3) is 0 Å². The molecule has 1 aromatic carbocycles. The zero-order valence-corrected chi connectivity index (χ0v) is 11.3. The van der Waals surface area contributed by atoms with Gasteiger partial charge in [-0.05, 0) is 43.0 Å². The van der Waals surface area contributed by atoms with Crippen LogP contribution in [0, 0.1) is 23.7 Å². The molecule has 2 N–H and O–H groups in total. The van der Waals surface area contributed by atoms with Crippen molar-refractivity contribution in [1.82, 2.24) is 4.90 Å². The average molecular weight is 242 g/mol. The minimum Gasteiger partial charge on any atom is -0.320 e. The molecule has 2 nitrogen and oxygen atoms in total. The Morgan fingerprint density at radius 3 is 2.56 bits per heavy atom. The molecule has 0 aromatic heterocycles. The summed E-state index contributed by atoms with van der Waals surface area (Å²) in [6.07, 6.45) is 1.40. The molecule has 0 heterocycles. The number of nitrogens with two attached hydrogens (primary N) is 1. The van der Waals surface area contributed by atoms with E-state index in [-0.39, 0.29) is 0 Å². The summed E-state index contributed by atoms with van der Waals surface area (Å²) < 4.78 is 0. The first-order valence-electron chi connectivity index (χ1n) is 6.65. The number of benzene rings is 1. The van der Waals surface area contributed by atoms with Gasteiger partial charge in [-0.25, -0.2) is 0 Å². The van der Waals surface area contributed by atoms with Gasteiger partial charge in [0, 0.05) is 18.7 Å². The van der Waals surface area contributed by atoms with Crippen LogP contribution in [0.5, 0.6) is 0 Å². The fourth-order valence-electron chi connectivity index (χ4n) is 2.28. The van der Waals surface area contributed by atoms with E-state index in [0.29, 0.717) is 6.54 Å². The van der Waals surface area contributed by atoms with Crippen LogP contribution in [0.15, 0.2) is 24.3 Å². The highest BCUT2D eigenvalue weighted by molar-refractivity contribution is 5.36. The maximum Gasteiger partial charge on any atom is 0.0555 e. The highest BCUT2D eigenvalue weighted by atomic mass is 15.1. The van der Waals surface area contributed by atoms with Crippen molar-refractivity contribution >= 4 is 0 Å². The van der Waals surface area contributed by atoms with Gasteiger partial charge in [0.1, 0.15) is 0 Å². The predicted molar refractivity (Wildman–Crippen MR) is 76.0 cm³/mol. The molecule has 0 aliphatic heterocycles. The van der Waals surface area contributed by atoms with Crippen molar-refractivity contribution in [2.24, 2.45) is 17.6 Å². The first-order valence-corrected chi connectivity index (χ1v) is 6.65. The molecule has 0 saturated heterocycles. The highest BCUT2D eigenvalue weighted by Crippen LogP contribution is 2.38. The minimum atomic E-state index is 0.421. The number of hydrogen-bond acceptors (Lipinski definition) is 2. The molecule has 1 aliphatic carbocycles. The Hall–Kier alpha value is -1.30. The number of hydrogen-bond donors (Lipinski definition) is 1. The predicted octanol–water partition coefficient (Wildman–Crippen LogP) is 2.08. The molecule has 2 rings (SSSR count). The van der Waals surface area contributed by atoms with Crippen LogP contribution in [0.1, 0.15) is 24.5 Å². The molecule has 2 unspecified atom stereocenters. The quantitative estimate of drug-likeness (QED) is 0.819. The summed E-state index contributed by atoms with van der Waals surface area (Å²) in [5.74, 6) is 7.77. The second-order valence-electron chi connectivity index (χ2n) is 5.37. The van der Waals surface area contributed by atoms with E-state index < -0.39 is 0 Å². The van der Waals surface area contributed by atoms with E-state index in [0.717, 1.165) is 23.9 Å². The van der Waals surface area contributed by atoms with E-state index in [1.54, 1.807) is 0 Å². The molecule has 0 radical (unpaired) electrons. The summed E-state index contributed by atoms with van der Waals surface area (Å²) in [5, 5.41) is 0. The van der Waals surface area contributed by atoms with Crippen molar-refractivity contribution in [3.8, 4) is 11.8 Å². The fraction of sp³-hybridized carbons (Fsp3) is 0.500. The molecular weight excluding hydrogens is 220 g/mol. The van der Waals surface area contributed by atoms with Crippen LogP contribution >= 0.6 is 0 Å². The largest absolute Gasteiger partial charge is 0.320 e. The lowest BCUT2D eigenvalue weighted by atomic mass is 10.1. The molecule has 96 valence electrons. The van der Waals surface area contributed by atoms with Gasteiger partial charge in [0.05, 0.1) is 6.54 Å². The van der Waals surface area contributed by atoms with Crippen molar-refractivity contribution in [1.29, 1.82) is 0 Å². The first kappa shape index (κ1) is 13.1. The Morgan fingerprint density at radius 2 is 2.00 bits per heavy atom. The Labute approximate surface area is 110 Å². The average Bonchev–Trinajstić information content (AvgIpc) is 3.04. The van der Waals surface area contributed by atoms with Crippen molar-refractivity contribution < 1.29 is 0 Å². The lowest BCUT2D eigenvalue weighted by Gasteiger charge is -2.16. The van der Waals surface area contributed by atoms with Crippen molar-refractivity contribution in [3.63, 3.8) is 0 Å². The molecule has 1 aliphatic rings. The van der Waals surface area contributed by atoms with Crippen LogP contribution in [0.4, 0.5) is 0 Å². The second-order valence-corrected chi connectivity index (χ2v) is 5.37. The minimum absolute atomic E-state index is 0.421. The smallest absolute Gasteiger partial charge is 0.0555 e. The third-order valence-corrected chi connectivity index (χ3v) is 3.56. The molecule has 1 fully saturated rings. The maximum atomic E-state index is 5.36. The zero-order valence-electron chi connectivity index (χ0n) is 11.3. The van der Waals surface area contributed by atoms with E-state index in [4.69, 9.17) is 5.73 Å². The van der Waals surface area contributed by atoms with E-state index in [9.17, 15) is 0 Å². The molecule has 0 bridgehead atoms. The van der Waals surface area contributed by atoms with Gasteiger partial charge >= 0.3 is 0 Å². The monoisotopic (exact) mass is 242 g/mol. The van der Waals surface area contributed by atoms with E-state index >= 15 is 0 Å². The molecule has 2 atom stereocenters. The SMILES string of the molecule is CC1CC1CN(C)Cc1ccc(C#CCN)cc1. The van der Waals surface area contributed by atoms with E-state index in [1.807, 2.05) is 0 Å². The molecule has 1 saturated carbocycles. The van der Waals surface area contributed by atoms with Gasteiger partial charge in [0.15, 0.2) is 0 Å².